The van der Waals surface area contributed by atoms with Gasteiger partial charge in [0.05, 0.1) is 4.91 Å². The van der Waals surface area contributed by atoms with Gasteiger partial charge in [-0.25, -0.2) is 0 Å². The number of nitriles is 1. The number of amides is 1. The number of nitrogens with one attached hydrogen (secondary N) is 1. The largest absolute Gasteiger partial charge is 0.300 e. The van der Waals surface area contributed by atoms with Crippen molar-refractivity contribution in [2.75, 3.05) is 0 Å². The zero-order valence-corrected chi connectivity index (χ0v) is 14.2. The molecule has 0 bridgehead atoms. The zero-order chi connectivity index (χ0) is 16.8. The Morgan fingerprint density at radius 2 is 1.92 bits per heavy atom. The van der Waals surface area contributed by atoms with Crippen LogP contribution in [-0.4, -0.2) is 11.1 Å². The molecule has 1 amide bonds. The first kappa shape index (κ1) is 16.4. The van der Waals surface area contributed by atoms with Gasteiger partial charge < -0.3 is 0 Å². The second-order valence-electron chi connectivity index (χ2n) is 4.93. The monoisotopic (exact) mass is 351 g/mol. The molecule has 1 aliphatic heterocycles. The van der Waals surface area contributed by atoms with E-state index < -0.39 is 0 Å². The number of hydrogen-bond acceptors (Lipinski definition) is 5. The van der Waals surface area contributed by atoms with Gasteiger partial charge in [0.25, 0.3) is 5.91 Å². The number of carbonyl (C=O) groups excluding carboxylic acids is 1. The summed E-state index contributed by atoms with van der Waals surface area (Å²) in [5, 5.41) is 11.4. The molecular formula is C18H13N3OS2. The van der Waals surface area contributed by atoms with Gasteiger partial charge in [-0.3, -0.25) is 10.1 Å². The van der Waals surface area contributed by atoms with E-state index in [1.165, 1.54) is 22.2 Å². The topological polar surface area (TPSA) is 65.2 Å². The highest BCUT2D eigenvalue weighted by atomic mass is 32.2. The van der Waals surface area contributed by atoms with E-state index in [1.807, 2.05) is 42.5 Å². The van der Waals surface area contributed by atoms with E-state index in [9.17, 15) is 4.79 Å². The van der Waals surface area contributed by atoms with Gasteiger partial charge in [0.2, 0.25) is 6.19 Å². The molecule has 1 aliphatic rings. The Balaban J connectivity index is 1.65. The lowest BCUT2D eigenvalue weighted by Crippen LogP contribution is -2.19. The van der Waals surface area contributed by atoms with E-state index in [-0.39, 0.29) is 5.91 Å². The molecule has 2 aromatic rings. The van der Waals surface area contributed by atoms with Crippen LogP contribution >= 0.6 is 23.5 Å². The van der Waals surface area contributed by atoms with Crippen molar-refractivity contribution < 1.29 is 4.79 Å². The highest BCUT2D eigenvalue weighted by molar-refractivity contribution is 8.18. The molecule has 0 aliphatic carbocycles. The van der Waals surface area contributed by atoms with Crippen LogP contribution in [0.2, 0.25) is 0 Å². The van der Waals surface area contributed by atoms with Gasteiger partial charge in [0.1, 0.15) is 0 Å². The Bertz CT molecular complexity index is 837. The van der Waals surface area contributed by atoms with Crippen molar-refractivity contribution >= 4 is 40.7 Å². The lowest BCUT2D eigenvalue weighted by molar-refractivity contribution is -0.115. The van der Waals surface area contributed by atoms with Gasteiger partial charge in [0, 0.05) is 10.6 Å². The second-order valence-corrected chi connectivity index (χ2v) is 7.00. The van der Waals surface area contributed by atoms with Crippen LogP contribution in [0.25, 0.3) is 6.08 Å². The van der Waals surface area contributed by atoms with Crippen molar-refractivity contribution in [1.29, 1.82) is 5.26 Å². The van der Waals surface area contributed by atoms with Gasteiger partial charge in [-0.2, -0.15) is 5.26 Å². The molecule has 24 heavy (non-hydrogen) atoms. The third-order valence-electron chi connectivity index (χ3n) is 3.23. The fourth-order valence-corrected chi connectivity index (χ4v) is 3.71. The molecular weight excluding hydrogens is 338 g/mol. The first-order valence-electron chi connectivity index (χ1n) is 7.19. The minimum Gasteiger partial charge on any atom is -0.300 e. The lowest BCUT2D eigenvalue weighted by Gasteiger charge is -2.03. The molecule has 0 aromatic heterocycles. The van der Waals surface area contributed by atoms with Crippen LogP contribution in [0, 0.1) is 11.5 Å². The summed E-state index contributed by atoms with van der Waals surface area (Å²) in [6.45, 7) is 0. The number of nitrogens with zero attached hydrogens (tertiary/aromatic N) is 2. The molecule has 2 aromatic carbocycles. The number of carbonyl (C=O) groups is 1. The molecule has 0 atom stereocenters. The number of rotatable bonds is 4. The summed E-state index contributed by atoms with van der Waals surface area (Å²) in [5.74, 6) is 0.699. The smallest absolute Gasteiger partial charge is 0.264 e. The fourth-order valence-electron chi connectivity index (χ4n) is 2.08. The summed E-state index contributed by atoms with van der Waals surface area (Å²) < 4.78 is 0. The van der Waals surface area contributed by atoms with Crippen molar-refractivity contribution in [3.8, 4) is 6.19 Å². The first-order chi connectivity index (χ1) is 11.7. The normalized spacial score (nSPS) is 17.0. The average molecular weight is 351 g/mol. The van der Waals surface area contributed by atoms with E-state index in [2.05, 4.69) is 22.4 Å². The van der Waals surface area contributed by atoms with Crippen LogP contribution in [0.1, 0.15) is 11.1 Å². The zero-order valence-electron chi connectivity index (χ0n) is 12.6. The predicted molar refractivity (Wildman–Crippen MR) is 99.2 cm³/mol. The summed E-state index contributed by atoms with van der Waals surface area (Å²) in [4.78, 5) is 17.1. The van der Waals surface area contributed by atoms with Crippen molar-refractivity contribution in [3.05, 3.63) is 70.6 Å². The maximum Gasteiger partial charge on any atom is 0.264 e. The lowest BCUT2D eigenvalue weighted by atomic mass is 10.2. The van der Waals surface area contributed by atoms with E-state index in [0.29, 0.717) is 10.1 Å². The van der Waals surface area contributed by atoms with Crippen molar-refractivity contribution in [3.63, 3.8) is 0 Å². The van der Waals surface area contributed by atoms with Crippen LogP contribution in [0.15, 0.2) is 69.4 Å². The standard InChI is InChI=1S/C18H13N3OS2/c19-12-20-18-21-17(22)16(24-18)10-13-6-8-15(9-7-13)23-11-14-4-2-1-3-5-14/h1-10H,11H2,(H,20,21,22). The number of hydrogen-bond donors (Lipinski definition) is 1. The maximum atomic E-state index is 11.8. The van der Waals surface area contributed by atoms with Gasteiger partial charge >= 0.3 is 0 Å². The number of amidine groups is 1. The van der Waals surface area contributed by atoms with Gasteiger partial charge in [0.15, 0.2) is 5.17 Å². The highest BCUT2D eigenvalue weighted by Gasteiger charge is 2.23. The van der Waals surface area contributed by atoms with Crippen molar-refractivity contribution in [2.24, 2.45) is 4.99 Å². The Kier molecular flexibility index (Phi) is 5.36. The SMILES string of the molecule is N#CN=C1NC(=O)C(=Cc2ccc(SCc3ccccc3)cc2)S1. The molecule has 1 heterocycles. The molecule has 3 rings (SSSR count). The van der Waals surface area contributed by atoms with Crippen LogP contribution in [-0.2, 0) is 10.5 Å². The average Bonchev–Trinajstić information content (AvgIpc) is 2.95. The van der Waals surface area contributed by atoms with Gasteiger partial charge in [-0.1, -0.05) is 42.5 Å². The van der Waals surface area contributed by atoms with E-state index >= 15 is 0 Å². The molecule has 6 heteroatoms. The minimum absolute atomic E-state index is 0.225. The van der Waals surface area contributed by atoms with Gasteiger partial charge in [-0.15, -0.1) is 16.8 Å². The van der Waals surface area contributed by atoms with Crippen molar-refractivity contribution in [2.45, 2.75) is 10.6 Å². The Morgan fingerprint density at radius 3 is 2.62 bits per heavy atom. The summed E-state index contributed by atoms with van der Waals surface area (Å²) in [5.41, 5.74) is 2.23. The molecule has 1 fully saturated rings. The molecule has 4 nitrogen and oxygen atoms in total. The fraction of sp³-hybridized carbons (Fsp3) is 0.0556. The minimum atomic E-state index is -0.225. The van der Waals surface area contributed by atoms with Crippen LogP contribution in [0.3, 0.4) is 0 Å². The van der Waals surface area contributed by atoms with Crippen LogP contribution in [0.5, 0.6) is 0 Å². The Labute approximate surface area is 148 Å². The Hall–Kier alpha value is -2.49. The number of benzene rings is 2. The molecule has 0 radical (unpaired) electrons. The van der Waals surface area contributed by atoms with Crippen molar-refractivity contribution in [1.82, 2.24) is 5.32 Å². The quantitative estimate of drug-likeness (QED) is 0.513. The third kappa shape index (κ3) is 4.28. The van der Waals surface area contributed by atoms with E-state index in [0.717, 1.165) is 11.3 Å². The van der Waals surface area contributed by atoms with Crippen LogP contribution in [0.4, 0.5) is 0 Å². The van der Waals surface area contributed by atoms with E-state index in [1.54, 1.807) is 24.0 Å². The number of thioether (sulfide) groups is 2. The maximum absolute atomic E-state index is 11.8. The van der Waals surface area contributed by atoms with Crippen LogP contribution < -0.4 is 5.32 Å². The second kappa shape index (κ2) is 7.86. The molecule has 118 valence electrons. The third-order valence-corrected chi connectivity index (χ3v) is 5.22. The Morgan fingerprint density at radius 1 is 1.17 bits per heavy atom. The predicted octanol–water partition coefficient (Wildman–Crippen LogP) is 4.02. The summed E-state index contributed by atoms with van der Waals surface area (Å²) in [6.07, 6.45) is 3.47. The summed E-state index contributed by atoms with van der Waals surface area (Å²) in [7, 11) is 0. The summed E-state index contributed by atoms with van der Waals surface area (Å²) in [6, 6.07) is 18.4. The molecule has 1 saturated heterocycles. The van der Waals surface area contributed by atoms with E-state index in [4.69, 9.17) is 5.26 Å². The summed E-state index contributed by atoms with van der Waals surface area (Å²) >= 11 is 2.94. The molecule has 0 unspecified atom stereocenters. The molecule has 0 spiro atoms. The van der Waals surface area contributed by atoms with Gasteiger partial charge in [-0.05, 0) is 41.1 Å². The molecule has 1 N–H and O–H groups in total. The highest BCUT2D eigenvalue weighted by Crippen LogP contribution is 2.27. The number of aliphatic imine (C=N–C) groups is 1. The first-order valence-corrected chi connectivity index (χ1v) is 8.99. The molecule has 0 saturated carbocycles.